The van der Waals surface area contributed by atoms with Crippen LogP contribution in [0.2, 0.25) is 0 Å². The number of aromatic amines is 1. The average Bonchev–Trinajstić information content (AvgIpc) is 2.89. The third kappa shape index (κ3) is 3.33. The summed E-state index contributed by atoms with van der Waals surface area (Å²) in [5.74, 6) is 0.171. The minimum Gasteiger partial charge on any atom is -0.504 e. The number of H-pyrrole nitrogens is 1. The van der Waals surface area contributed by atoms with Crippen molar-refractivity contribution in [2.45, 2.75) is 0 Å². The fraction of sp³-hybridized carbons (Fsp3) is 0. The van der Waals surface area contributed by atoms with Crippen LogP contribution in [0.5, 0.6) is 11.5 Å². The topological polar surface area (TPSA) is 86.4 Å². The first kappa shape index (κ1) is 15.4. The van der Waals surface area contributed by atoms with E-state index in [4.69, 9.17) is 12.2 Å². The second kappa shape index (κ2) is 6.35. The molecule has 0 atom stereocenters. The molecule has 3 aromatic rings. The maximum Gasteiger partial charge on any atom is 0.216 e. The first-order valence-electron chi connectivity index (χ1n) is 6.54. The molecule has 0 radical (unpaired) electrons. The summed E-state index contributed by atoms with van der Waals surface area (Å²) in [6, 6.07) is 12.0. The summed E-state index contributed by atoms with van der Waals surface area (Å²) >= 11 is 8.62. The van der Waals surface area contributed by atoms with Gasteiger partial charge in [-0.3, -0.25) is 0 Å². The summed E-state index contributed by atoms with van der Waals surface area (Å²) < 4.78 is 2.75. The molecule has 0 aliphatic rings. The Labute approximate surface area is 144 Å². The van der Waals surface area contributed by atoms with Crippen molar-refractivity contribution in [2.75, 3.05) is 0 Å². The van der Waals surface area contributed by atoms with E-state index in [1.165, 1.54) is 23.0 Å². The Morgan fingerprint density at radius 1 is 1.17 bits per heavy atom. The van der Waals surface area contributed by atoms with Gasteiger partial charge in [0.15, 0.2) is 17.3 Å². The van der Waals surface area contributed by atoms with Crippen molar-refractivity contribution in [3.8, 4) is 22.9 Å². The lowest BCUT2D eigenvalue weighted by Gasteiger charge is -2.02. The number of aromatic nitrogens is 3. The molecule has 1 heterocycles. The van der Waals surface area contributed by atoms with Crippen LogP contribution >= 0.6 is 28.1 Å². The van der Waals surface area contributed by atoms with E-state index < -0.39 is 0 Å². The van der Waals surface area contributed by atoms with Crippen molar-refractivity contribution in [3.05, 3.63) is 57.3 Å². The van der Waals surface area contributed by atoms with E-state index in [0.717, 1.165) is 10.0 Å². The zero-order valence-electron chi connectivity index (χ0n) is 11.6. The van der Waals surface area contributed by atoms with Gasteiger partial charge in [0.05, 0.1) is 6.21 Å². The zero-order chi connectivity index (χ0) is 16.4. The SMILES string of the molecule is Oc1ccc(/C=N/n2c(-c3cccc(Br)c3)n[nH]c2=S)cc1O. The third-order valence-electron chi connectivity index (χ3n) is 3.06. The van der Waals surface area contributed by atoms with Crippen LogP contribution in [-0.4, -0.2) is 31.3 Å². The second-order valence-electron chi connectivity index (χ2n) is 4.67. The molecule has 0 unspecified atom stereocenters. The maximum absolute atomic E-state index is 9.51. The summed E-state index contributed by atoms with van der Waals surface area (Å²) in [4.78, 5) is 0. The second-order valence-corrected chi connectivity index (χ2v) is 5.97. The predicted octanol–water partition coefficient (Wildman–Crippen LogP) is 3.66. The number of benzene rings is 2. The molecule has 0 amide bonds. The highest BCUT2D eigenvalue weighted by atomic mass is 79.9. The Balaban J connectivity index is 2.00. The number of hydrogen-bond acceptors (Lipinski definition) is 5. The fourth-order valence-corrected chi connectivity index (χ4v) is 2.54. The largest absolute Gasteiger partial charge is 0.504 e. The minimum atomic E-state index is -0.211. The quantitative estimate of drug-likeness (QED) is 0.361. The molecule has 3 rings (SSSR count). The summed E-state index contributed by atoms with van der Waals surface area (Å²) in [5, 5.41) is 30.0. The lowest BCUT2D eigenvalue weighted by molar-refractivity contribution is 0.403. The Morgan fingerprint density at radius 3 is 2.74 bits per heavy atom. The van der Waals surface area contributed by atoms with Crippen LogP contribution in [0.1, 0.15) is 5.56 Å². The first-order chi connectivity index (χ1) is 11.0. The molecule has 0 saturated heterocycles. The van der Waals surface area contributed by atoms with Crippen LogP contribution in [0.3, 0.4) is 0 Å². The van der Waals surface area contributed by atoms with Crippen LogP contribution in [0.4, 0.5) is 0 Å². The number of phenols is 2. The Kier molecular flexibility index (Phi) is 4.26. The van der Waals surface area contributed by atoms with Gasteiger partial charge in [-0.05, 0) is 48.1 Å². The van der Waals surface area contributed by atoms with Crippen molar-refractivity contribution in [3.63, 3.8) is 0 Å². The fourth-order valence-electron chi connectivity index (χ4n) is 1.96. The molecule has 0 aliphatic heterocycles. The van der Waals surface area contributed by atoms with Gasteiger partial charge in [-0.15, -0.1) is 0 Å². The molecule has 116 valence electrons. The standard InChI is InChI=1S/C15H11BrN4O2S/c16-11-3-1-2-10(7-11)14-18-19-15(23)20(14)17-8-9-4-5-12(21)13(22)6-9/h1-8,21-22H,(H,19,23)/b17-8+. The van der Waals surface area contributed by atoms with Gasteiger partial charge in [0.1, 0.15) is 0 Å². The van der Waals surface area contributed by atoms with E-state index in [2.05, 4.69) is 31.2 Å². The van der Waals surface area contributed by atoms with Gasteiger partial charge in [-0.25, -0.2) is 5.10 Å². The monoisotopic (exact) mass is 390 g/mol. The van der Waals surface area contributed by atoms with E-state index >= 15 is 0 Å². The van der Waals surface area contributed by atoms with Gasteiger partial charge in [-0.2, -0.15) is 14.9 Å². The number of phenolic OH excluding ortho intramolecular Hbond substituents is 2. The summed E-state index contributed by atoms with van der Waals surface area (Å²) in [5.41, 5.74) is 1.46. The normalized spacial score (nSPS) is 11.2. The van der Waals surface area contributed by atoms with Crippen molar-refractivity contribution >= 4 is 34.4 Å². The Bertz CT molecular complexity index is 949. The van der Waals surface area contributed by atoms with Crippen LogP contribution < -0.4 is 0 Å². The van der Waals surface area contributed by atoms with Crippen LogP contribution in [-0.2, 0) is 0 Å². The molecule has 8 heteroatoms. The molecular formula is C15H11BrN4O2S. The highest BCUT2D eigenvalue weighted by Gasteiger charge is 2.08. The smallest absolute Gasteiger partial charge is 0.216 e. The molecule has 6 nitrogen and oxygen atoms in total. The van der Waals surface area contributed by atoms with Gasteiger partial charge in [0, 0.05) is 10.0 Å². The van der Waals surface area contributed by atoms with Gasteiger partial charge < -0.3 is 10.2 Å². The van der Waals surface area contributed by atoms with Crippen LogP contribution in [0, 0.1) is 4.77 Å². The predicted molar refractivity (Wildman–Crippen MR) is 93.3 cm³/mol. The molecule has 0 bridgehead atoms. The van der Waals surface area contributed by atoms with Crippen molar-refractivity contribution in [1.82, 2.24) is 14.9 Å². The third-order valence-corrected chi connectivity index (χ3v) is 3.81. The minimum absolute atomic E-state index is 0.183. The molecule has 0 fully saturated rings. The first-order valence-corrected chi connectivity index (χ1v) is 7.74. The van der Waals surface area contributed by atoms with Gasteiger partial charge in [-0.1, -0.05) is 28.1 Å². The number of aromatic hydroxyl groups is 2. The van der Waals surface area contributed by atoms with Gasteiger partial charge >= 0.3 is 0 Å². The average molecular weight is 391 g/mol. The lowest BCUT2D eigenvalue weighted by atomic mass is 10.2. The molecule has 23 heavy (non-hydrogen) atoms. The molecule has 0 spiro atoms. The van der Waals surface area contributed by atoms with E-state index in [9.17, 15) is 10.2 Å². The van der Waals surface area contributed by atoms with Gasteiger partial charge in [0.25, 0.3) is 0 Å². The molecule has 1 aromatic heterocycles. The number of hydrogen-bond donors (Lipinski definition) is 3. The van der Waals surface area contributed by atoms with E-state index in [1.54, 1.807) is 6.07 Å². The van der Waals surface area contributed by atoms with E-state index in [-0.39, 0.29) is 11.5 Å². The molecule has 2 aromatic carbocycles. The molecule has 3 N–H and O–H groups in total. The van der Waals surface area contributed by atoms with Crippen molar-refractivity contribution in [2.24, 2.45) is 5.10 Å². The zero-order valence-corrected chi connectivity index (χ0v) is 14.0. The van der Waals surface area contributed by atoms with E-state index in [1.807, 2.05) is 24.3 Å². The number of halogens is 1. The van der Waals surface area contributed by atoms with Gasteiger partial charge in [0.2, 0.25) is 4.77 Å². The van der Waals surface area contributed by atoms with E-state index in [0.29, 0.717) is 16.2 Å². The number of nitrogens with one attached hydrogen (secondary N) is 1. The lowest BCUT2D eigenvalue weighted by Crippen LogP contribution is -1.95. The Hall–Kier alpha value is -2.45. The van der Waals surface area contributed by atoms with Crippen LogP contribution in [0.15, 0.2) is 52.0 Å². The molecule has 0 saturated carbocycles. The maximum atomic E-state index is 9.51. The Morgan fingerprint density at radius 2 is 2.00 bits per heavy atom. The number of rotatable bonds is 3. The summed E-state index contributed by atoms with van der Waals surface area (Å²) in [6.45, 7) is 0. The van der Waals surface area contributed by atoms with Crippen LogP contribution in [0.25, 0.3) is 11.4 Å². The molecule has 0 aliphatic carbocycles. The summed E-state index contributed by atoms with van der Waals surface area (Å²) in [7, 11) is 0. The number of nitrogens with zero attached hydrogens (tertiary/aromatic N) is 3. The molecular weight excluding hydrogens is 380 g/mol. The van der Waals surface area contributed by atoms with Crippen molar-refractivity contribution in [1.29, 1.82) is 0 Å². The highest BCUT2D eigenvalue weighted by Crippen LogP contribution is 2.24. The summed E-state index contributed by atoms with van der Waals surface area (Å²) in [6.07, 6.45) is 1.52. The van der Waals surface area contributed by atoms with Crippen molar-refractivity contribution < 1.29 is 10.2 Å². The highest BCUT2D eigenvalue weighted by molar-refractivity contribution is 9.10.